The van der Waals surface area contributed by atoms with Crippen LogP contribution in [-0.2, 0) is 0 Å². The van der Waals surface area contributed by atoms with Crippen LogP contribution in [0.4, 0.5) is 0 Å². The normalized spacial score (nSPS) is 21.9. The summed E-state index contributed by atoms with van der Waals surface area (Å²) in [7, 11) is 0. The fraction of sp³-hybridized carbons (Fsp3) is 0.500. The van der Waals surface area contributed by atoms with E-state index in [1.54, 1.807) is 6.20 Å². The van der Waals surface area contributed by atoms with Gasteiger partial charge in [-0.1, -0.05) is 42.6 Å². The Morgan fingerprint density at radius 1 is 1.21 bits per heavy atom. The van der Waals surface area contributed by atoms with Gasteiger partial charge in [-0.2, -0.15) is 5.10 Å². The van der Waals surface area contributed by atoms with Gasteiger partial charge in [0.05, 0.1) is 18.3 Å². The van der Waals surface area contributed by atoms with E-state index in [1.165, 1.54) is 18.4 Å². The number of H-pyrrole nitrogens is 1. The fourth-order valence-corrected chi connectivity index (χ4v) is 5.23. The molecular formula is C22H26ClN5O. The summed E-state index contributed by atoms with van der Waals surface area (Å²) in [5, 5.41) is 5.92. The summed E-state index contributed by atoms with van der Waals surface area (Å²) >= 11 is 6.41. The molecular weight excluding hydrogens is 386 g/mol. The Hall–Kier alpha value is -2.18. The van der Waals surface area contributed by atoms with Crippen molar-refractivity contribution in [3.05, 3.63) is 57.2 Å². The maximum atomic E-state index is 12.7. The van der Waals surface area contributed by atoms with Crippen LogP contribution in [0.1, 0.15) is 68.4 Å². The first kappa shape index (κ1) is 18.8. The van der Waals surface area contributed by atoms with Crippen molar-refractivity contribution in [1.82, 2.24) is 24.6 Å². The topological polar surface area (TPSA) is 66.8 Å². The molecule has 2 aliphatic rings. The summed E-state index contributed by atoms with van der Waals surface area (Å²) in [5.41, 5.74) is 1.84. The first-order valence-corrected chi connectivity index (χ1v) is 11.0. The fourth-order valence-electron chi connectivity index (χ4n) is 4.94. The first-order chi connectivity index (χ1) is 14.1. The van der Waals surface area contributed by atoms with Crippen molar-refractivity contribution in [2.24, 2.45) is 0 Å². The third-order valence-corrected chi connectivity index (χ3v) is 7.00. The molecule has 1 saturated heterocycles. The number of halogens is 1. The minimum Gasteiger partial charge on any atom is -0.309 e. The lowest BCUT2D eigenvalue weighted by Crippen LogP contribution is -2.28. The molecule has 0 bridgehead atoms. The molecule has 2 fully saturated rings. The molecule has 0 spiro atoms. The maximum absolute atomic E-state index is 12.7. The smallest absolute Gasteiger partial charge is 0.262 e. The highest BCUT2D eigenvalue weighted by Gasteiger charge is 2.30. The van der Waals surface area contributed by atoms with Crippen molar-refractivity contribution in [2.75, 3.05) is 13.1 Å². The number of benzene rings is 1. The quantitative estimate of drug-likeness (QED) is 0.689. The van der Waals surface area contributed by atoms with E-state index >= 15 is 0 Å². The van der Waals surface area contributed by atoms with Crippen LogP contribution in [0.3, 0.4) is 0 Å². The van der Waals surface area contributed by atoms with Crippen molar-refractivity contribution < 1.29 is 0 Å². The molecule has 2 unspecified atom stereocenters. The molecule has 1 aromatic carbocycles. The van der Waals surface area contributed by atoms with Crippen LogP contribution in [0.2, 0.25) is 5.02 Å². The van der Waals surface area contributed by atoms with Crippen molar-refractivity contribution in [2.45, 2.75) is 57.0 Å². The van der Waals surface area contributed by atoms with Crippen molar-refractivity contribution in [1.29, 1.82) is 0 Å². The van der Waals surface area contributed by atoms with Gasteiger partial charge in [0.2, 0.25) is 0 Å². The van der Waals surface area contributed by atoms with Crippen molar-refractivity contribution in [3.63, 3.8) is 0 Å². The second-order valence-corrected chi connectivity index (χ2v) is 8.80. The number of rotatable bonds is 4. The molecule has 0 radical (unpaired) electrons. The van der Waals surface area contributed by atoms with Gasteiger partial charge in [-0.3, -0.25) is 9.69 Å². The Bertz CT molecular complexity index is 1080. The summed E-state index contributed by atoms with van der Waals surface area (Å²) in [6, 6.07) is 8.49. The number of aromatic nitrogens is 4. The number of hydrogen-bond donors (Lipinski definition) is 1. The number of hydrogen-bond acceptors (Lipinski definition) is 4. The number of likely N-dealkylation sites (tertiary alicyclic amines) is 1. The Labute approximate surface area is 174 Å². The van der Waals surface area contributed by atoms with Crippen LogP contribution < -0.4 is 5.56 Å². The second-order valence-electron chi connectivity index (χ2n) is 8.39. The van der Waals surface area contributed by atoms with Crippen LogP contribution in [0.15, 0.2) is 35.3 Å². The Morgan fingerprint density at radius 3 is 2.79 bits per heavy atom. The molecule has 152 valence electrons. The molecule has 29 heavy (non-hydrogen) atoms. The third-order valence-electron chi connectivity index (χ3n) is 6.66. The van der Waals surface area contributed by atoms with E-state index in [-0.39, 0.29) is 11.6 Å². The van der Waals surface area contributed by atoms with Crippen LogP contribution in [0.5, 0.6) is 0 Å². The summed E-state index contributed by atoms with van der Waals surface area (Å²) in [6.45, 7) is 3.99. The van der Waals surface area contributed by atoms with E-state index in [1.807, 2.05) is 22.9 Å². The van der Waals surface area contributed by atoms with Gasteiger partial charge in [0.1, 0.15) is 11.2 Å². The number of nitrogens with zero attached hydrogens (tertiary/aromatic N) is 4. The van der Waals surface area contributed by atoms with Crippen LogP contribution >= 0.6 is 11.6 Å². The van der Waals surface area contributed by atoms with E-state index in [4.69, 9.17) is 16.6 Å². The summed E-state index contributed by atoms with van der Waals surface area (Å²) in [6.07, 6.45) is 7.38. The van der Waals surface area contributed by atoms with Gasteiger partial charge in [0, 0.05) is 11.6 Å². The highest BCUT2D eigenvalue weighted by Crippen LogP contribution is 2.35. The Morgan fingerprint density at radius 2 is 2.00 bits per heavy atom. The third kappa shape index (κ3) is 3.38. The zero-order chi connectivity index (χ0) is 20.0. The Kier molecular flexibility index (Phi) is 4.92. The highest BCUT2D eigenvalue weighted by molar-refractivity contribution is 6.31. The van der Waals surface area contributed by atoms with Crippen molar-refractivity contribution in [3.8, 4) is 0 Å². The van der Waals surface area contributed by atoms with Gasteiger partial charge in [-0.05, 0) is 50.3 Å². The molecule has 1 aliphatic carbocycles. The average Bonchev–Trinajstić information content (AvgIpc) is 3.47. The van der Waals surface area contributed by atoms with Gasteiger partial charge >= 0.3 is 0 Å². The van der Waals surface area contributed by atoms with E-state index in [2.05, 4.69) is 28.0 Å². The van der Waals surface area contributed by atoms with E-state index in [0.29, 0.717) is 17.3 Å². The zero-order valence-electron chi connectivity index (χ0n) is 16.6. The molecule has 2 atom stereocenters. The molecule has 1 aliphatic heterocycles. The molecule has 3 heterocycles. The van der Waals surface area contributed by atoms with Gasteiger partial charge in [-0.15, -0.1) is 0 Å². The van der Waals surface area contributed by atoms with Gasteiger partial charge in [0.15, 0.2) is 5.65 Å². The highest BCUT2D eigenvalue weighted by atomic mass is 35.5. The molecule has 1 saturated carbocycles. The van der Waals surface area contributed by atoms with E-state index < -0.39 is 0 Å². The SMILES string of the molecule is CC(c1nc2c(cnn2C2CCCC2)c(=O)[nH]1)N1CCC(c2ccccc2Cl)C1. The molecule has 0 amide bonds. The van der Waals surface area contributed by atoms with Crippen molar-refractivity contribution >= 4 is 22.6 Å². The standard InChI is InChI=1S/C22H26ClN5O/c1-14(27-11-10-15(13-27)17-8-4-5-9-19(17)23)20-25-21-18(22(29)26-20)12-24-28(21)16-6-2-3-7-16/h4-5,8-9,12,14-16H,2-3,6-7,10-11,13H2,1H3,(H,25,26,29). The molecule has 2 aromatic heterocycles. The predicted octanol–water partition coefficient (Wildman–Crippen LogP) is 4.44. The van der Waals surface area contributed by atoms with Crippen LogP contribution in [0, 0.1) is 0 Å². The second kappa shape index (κ2) is 7.58. The lowest BCUT2D eigenvalue weighted by atomic mass is 9.98. The van der Waals surface area contributed by atoms with Crippen LogP contribution in [-0.4, -0.2) is 37.7 Å². The van der Waals surface area contributed by atoms with Gasteiger partial charge in [-0.25, -0.2) is 9.67 Å². The summed E-state index contributed by atoms with van der Waals surface area (Å²) in [4.78, 5) is 23.0. The molecule has 1 N–H and O–H groups in total. The predicted molar refractivity (Wildman–Crippen MR) is 114 cm³/mol. The van der Waals surface area contributed by atoms with E-state index in [0.717, 1.165) is 48.8 Å². The maximum Gasteiger partial charge on any atom is 0.262 e. The van der Waals surface area contributed by atoms with Gasteiger partial charge in [0.25, 0.3) is 5.56 Å². The minimum absolute atomic E-state index is 0.0338. The summed E-state index contributed by atoms with van der Waals surface area (Å²) < 4.78 is 1.98. The average molecular weight is 412 g/mol. The number of nitrogens with one attached hydrogen (secondary N) is 1. The van der Waals surface area contributed by atoms with E-state index in [9.17, 15) is 4.79 Å². The lowest BCUT2D eigenvalue weighted by Gasteiger charge is -2.24. The van der Waals surface area contributed by atoms with Crippen LogP contribution in [0.25, 0.3) is 11.0 Å². The number of aromatic amines is 1. The molecule has 6 nitrogen and oxygen atoms in total. The minimum atomic E-state index is -0.0945. The Balaban J connectivity index is 1.42. The lowest BCUT2D eigenvalue weighted by molar-refractivity contribution is 0.250. The molecule has 5 rings (SSSR count). The molecule has 7 heteroatoms. The monoisotopic (exact) mass is 411 g/mol. The largest absolute Gasteiger partial charge is 0.309 e. The number of fused-ring (bicyclic) bond motifs is 1. The first-order valence-electron chi connectivity index (χ1n) is 10.6. The zero-order valence-corrected chi connectivity index (χ0v) is 17.4. The summed E-state index contributed by atoms with van der Waals surface area (Å²) in [5.74, 6) is 1.13. The van der Waals surface area contributed by atoms with Gasteiger partial charge < -0.3 is 4.98 Å². The molecule has 3 aromatic rings.